The maximum absolute atomic E-state index is 2.56. The molecular formula is C20H32Si. The highest BCUT2D eigenvalue weighted by atomic mass is 28.2. The van der Waals surface area contributed by atoms with Gasteiger partial charge in [-0.25, -0.2) is 0 Å². The summed E-state index contributed by atoms with van der Waals surface area (Å²) in [6.07, 6.45) is 13.4. The molecule has 0 bridgehead atoms. The molecule has 116 valence electrons. The van der Waals surface area contributed by atoms with E-state index in [-0.39, 0.29) is 9.52 Å². The molecule has 0 saturated heterocycles. The van der Waals surface area contributed by atoms with E-state index in [4.69, 9.17) is 0 Å². The Kier molecular flexibility index (Phi) is 5.14. The van der Waals surface area contributed by atoms with Crippen LogP contribution in [-0.2, 0) is 0 Å². The Morgan fingerprint density at radius 1 is 1.24 bits per heavy atom. The molecular weight excluding hydrogens is 268 g/mol. The van der Waals surface area contributed by atoms with Crippen molar-refractivity contribution in [2.45, 2.75) is 65.8 Å². The minimum absolute atomic E-state index is 0.276. The zero-order valence-corrected chi connectivity index (χ0v) is 16.2. The van der Waals surface area contributed by atoms with Gasteiger partial charge in [-0.2, -0.15) is 0 Å². The predicted molar refractivity (Wildman–Crippen MR) is 98.4 cm³/mol. The Balaban J connectivity index is 2.25. The highest BCUT2D eigenvalue weighted by Gasteiger charge is 2.34. The van der Waals surface area contributed by atoms with Crippen molar-refractivity contribution in [2.24, 2.45) is 11.8 Å². The van der Waals surface area contributed by atoms with Crippen LogP contribution in [0.1, 0.15) is 60.8 Å². The Morgan fingerprint density at radius 3 is 2.43 bits per heavy atom. The van der Waals surface area contributed by atoms with Gasteiger partial charge in [0.05, 0.1) is 9.52 Å². The van der Waals surface area contributed by atoms with Gasteiger partial charge >= 0.3 is 0 Å². The highest BCUT2D eigenvalue weighted by molar-refractivity contribution is 6.51. The SMILES string of the molecule is CCC(C)CC1([SiH2]C2=C(C)C(C)=C(C)C2C)C=CC=CC1. The third kappa shape index (κ3) is 3.34. The Labute approximate surface area is 133 Å². The van der Waals surface area contributed by atoms with Crippen LogP contribution in [0.5, 0.6) is 0 Å². The van der Waals surface area contributed by atoms with E-state index in [1.165, 1.54) is 19.3 Å². The van der Waals surface area contributed by atoms with E-state index in [2.05, 4.69) is 65.8 Å². The lowest BCUT2D eigenvalue weighted by molar-refractivity contribution is 0.445. The van der Waals surface area contributed by atoms with Crippen LogP contribution in [-0.4, -0.2) is 9.52 Å². The molecule has 2 rings (SSSR count). The van der Waals surface area contributed by atoms with Crippen molar-refractivity contribution in [2.75, 3.05) is 0 Å². The van der Waals surface area contributed by atoms with Gasteiger partial charge in [0.1, 0.15) is 0 Å². The Bertz CT molecular complexity index is 518. The van der Waals surface area contributed by atoms with Crippen LogP contribution < -0.4 is 0 Å². The summed E-state index contributed by atoms with van der Waals surface area (Å²) in [6.45, 7) is 14.2. The summed E-state index contributed by atoms with van der Waals surface area (Å²) in [5.74, 6) is 1.53. The molecule has 0 aromatic rings. The molecule has 0 N–H and O–H groups in total. The zero-order valence-electron chi connectivity index (χ0n) is 14.8. The molecule has 0 aliphatic heterocycles. The molecule has 3 unspecified atom stereocenters. The summed E-state index contributed by atoms with van der Waals surface area (Å²) < 4.78 is 0. The molecule has 0 amide bonds. The molecule has 0 nitrogen and oxygen atoms in total. The summed E-state index contributed by atoms with van der Waals surface area (Å²) in [4.78, 5) is 0. The summed E-state index contributed by atoms with van der Waals surface area (Å²) in [5.41, 5.74) is 4.81. The van der Waals surface area contributed by atoms with Gasteiger partial charge in [-0.3, -0.25) is 0 Å². The molecule has 3 atom stereocenters. The van der Waals surface area contributed by atoms with E-state index in [0.29, 0.717) is 11.0 Å². The van der Waals surface area contributed by atoms with Crippen LogP contribution >= 0.6 is 0 Å². The lowest BCUT2D eigenvalue weighted by Crippen LogP contribution is -2.25. The van der Waals surface area contributed by atoms with Gasteiger partial charge in [-0.1, -0.05) is 67.8 Å². The minimum Gasteiger partial charge on any atom is -0.0840 e. The van der Waals surface area contributed by atoms with Crippen molar-refractivity contribution in [3.8, 4) is 0 Å². The van der Waals surface area contributed by atoms with E-state index in [1.54, 1.807) is 16.7 Å². The fourth-order valence-corrected chi connectivity index (χ4v) is 7.12. The molecule has 1 heteroatoms. The van der Waals surface area contributed by atoms with Crippen molar-refractivity contribution in [3.05, 3.63) is 46.2 Å². The molecule has 0 aromatic heterocycles. The van der Waals surface area contributed by atoms with Gasteiger partial charge in [0.25, 0.3) is 0 Å². The third-order valence-electron chi connectivity index (χ3n) is 6.02. The number of hydrogen-bond donors (Lipinski definition) is 0. The first-order valence-electron chi connectivity index (χ1n) is 8.62. The molecule has 0 radical (unpaired) electrons. The van der Waals surface area contributed by atoms with Gasteiger partial charge in [-0.05, 0) is 56.1 Å². The largest absolute Gasteiger partial charge is 0.0840 e. The van der Waals surface area contributed by atoms with E-state index >= 15 is 0 Å². The fourth-order valence-electron chi connectivity index (χ4n) is 4.01. The lowest BCUT2D eigenvalue weighted by Gasteiger charge is -2.35. The molecule has 0 heterocycles. The number of hydrogen-bond acceptors (Lipinski definition) is 0. The van der Waals surface area contributed by atoms with Crippen LogP contribution in [0.3, 0.4) is 0 Å². The maximum Gasteiger partial charge on any atom is 0.0619 e. The van der Waals surface area contributed by atoms with Crippen LogP contribution in [0.2, 0.25) is 5.04 Å². The average Bonchev–Trinajstić information content (AvgIpc) is 2.66. The first-order chi connectivity index (χ1) is 9.90. The predicted octanol–water partition coefficient (Wildman–Crippen LogP) is 5.53. The smallest absolute Gasteiger partial charge is 0.0619 e. The Hall–Kier alpha value is -0.823. The van der Waals surface area contributed by atoms with Gasteiger partial charge in [0.15, 0.2) is 0 Å². The van der Waals surface area contributed by atoms with E-state index in [1.807, 2.05) is 5.20 Å². The number of allylic oxidation sites excluding steroid dienone is 8. The van der Waals surface area contributed by atoms with Crippen molar-refractivity contribution >= 4 is 9.52 Å². The topological polar surface area (TPSA) is 0 Å². The summed E-state index contributed by atoms with van der Waals surface area (Å²) >= 11 is 0. The van der Waals surface area contributed by atoms with E-state index in [9.17, 15) is 0 Å². The first-order valence-corrected chi connectivity index (χ1v) is 10.0. The van der Waals surface area contributed by atoms with Crippen LogP contribution in [0, 0.1) is 11.8 Å². The van der Waals surface area contributed by atoms with Gasteiger partial charge in [-0.15, -0.1) is 0 Å². The molecule has 0 saturated carbocycles. The second kappa shape index (κ2) is 6.52. The molecule has 21 heavy (non-hydrogen) atoms. The second-order valence-electron chi connectivity index (χ2n) is 7.43. The summed E-state index contributed by atoms with van der Waals surface area (Å²) in [6, 6.07) is 0. The monoisotopic (exact) mass is 300 g/mol. The normalized spacial score (nSPS) is 31.0. The van der Waals surface area contributed by atoms with Crippen molar-refractivity contribution in [3.63, 3.8) is 0 Å². The summed E-state index contributed by atoms with van der Waals surface area (Å²) in [7, 11) is -0.276. The van der Waals surface area contributed by atoms with E-state index in [0.717, 1.165) is 5.92 Å². The highest BCUT2D eigenvalue weighted by Crippen LogP contribution is 2.47. The Morgan fingerprint density at radius 2 is 1.95 bits per heavy atom. The van der Waals surface area contributed by atoms with Gasteiger partial charge in [0, 0.05) is 0 Å². The second-order valence-corrected chi connectivity index (χ2v) is 9.95. The molecule has 0 fully saturated rings. The van der Waals surface area contributed by atoms with E-state index < -0.39 is 0 Å². The standard InChI is InChI=1S/C20H32Si/c1-7-14(2)13-20(11-9-8-10-12-20)21-19-17(5)15(3)16(4)18(19)6/h8-11,14,17H,7,12-13,21H2,1-6H3. The molecule has 0 spiro atoms. The fraction of sp³-hybridized carbons (Fsp3) is 0.600. The van der Waals surface area contributed by atoms with Gasteiger partial charge in [0.2, 0.25) is 0 Å². The van der Waals surface area contributed by atoms with Crippen molar-refractivity contribution < 1.29 is 0 Å². The van der Waals surface area contributed by atoms with Gasteiger partial charge < -0.3 is 0 Å². The maximum atomic E-state index is 2.56. The number of rotatable bonds is 5. The molecule has 0 aromatic carbocycles. The van der Waals surface area contributed by atoms with Crippen LogP contribution in [0.25, 0.3) is 0 Å². The average molecular weight is 301 g/mol. The molecule has 2 aliphatic rings. The first kappa shape index (κ1) is 16.5. The minimum atomic E-state index is -0.276. The van der Waals surface area contributed by atoms with Crippen molar-refractivity contribution in [1.29, 1.82) is 0 Å². The van der Waals surface area contributed by atoms with Crippen LogP contribution in [0.4, 0.5) is 0 Å². The van der Waals surface area contributed by atoms with Crippen molar-refractivity contribution in [1.82, 2.24) is 0 Å². The third-order valence-corrected chi connectivity index (χ3v) is 9.06. The molecule has 2 aliphatic carbocycles. The lowest BCUT2D eigenvalue weighted by atomic mass is 9.88. The summed E-state index contributed by atoms with van der Waals surface area (Å²) in [5, 5.41) is 2.31. The quantitative estimate of drug-likeness (QED) is 0.586. The zero-order chi connectivity index (χ0) is 15.6. The van der Waals surface area contributed by atoms with Crippen LogP contribution in [0.15, 0.2) is 46.2 Å².